The zero-order chi connectivity index (χ0) is 13.1. The van der Waals surface area contributed by atoms with Crippen LogP contribution in [0.4, 0.5) is 0 Å². The van der Waals surface area contributed by atoms with Gasteiger partial charge in [0.2, 0.25) is 5.78 Å². The third kappa shape index (κ3) is 2.46. The molecule has 1 aromatic heterocycles. The largest absolute Gasteiger partial charge is 0.329 e. The lowest BCUT2D eigenvalue weighted by atomic mass is 10.0. The van der Waals surface area contributed by atoms with Gasteiger partial charge >= 0.3 is 0 Å². The molecule has 1 aromatic carbocycles. The minimum Gasteiger partial charge on any atom is -0.329 e. The highest BCUT2D eigenvalue weighted by Crippen LogP contribution is 2.13. The third-order valence-electron chi connectivity index (χ3n) is 2.90. The van der Waals surface area contributed by atoms with Crippen molar-refractivity contribution in [2.45, 2.75) is 20.4 Å². The molecule has 0 unspecified atom stereocenters. The molecule has 0 aliphatic rings. The van der Waals surface area contributed by atoms with E-state index in [1.807, 2.05) is 32.0 Å². The lowest BCUT2D eigenvalue weighted by Gasteiger charge is -2.02. The Hall–Kier alpha value is -2.01. The molecule has 18 heavy (non-hydrogen) atoms. The van der Waals surface area contributed by atoms with Crippen LogP contribution >= 0.6 is 0 Å². The molecule has 2 aromatic rings. The molecule has 94 valence electrons. The van der Waals surface area contributed by atoms with Gasteiger partial charge in [-0.15, -0.1) is 5.10 Å². The first-order chi connectivity index (χ1) is 8.61. The number of ketones is 1. The van der Waals surface area contributed by atoms with Crippen molar-refractivity contribution in [3.63, 3.8) is 0 Å². The van der Waals surface area contributed by atoms with Gasteiger partial charge in [0.05, 0.1) is 12.7 Å². The Morgan fingerprint density at radius 1 is 1.33 bits per heavy atom. The van der Waals surface area contributed by atoms with Crippen LogP contribution in [0.5, 0.6) is 0 Å². The number of hydrogen-bond donors (Lipinski definition) is 1. The highest BCUT2D eigenvalue weighted by atomic mass is 16.1. The summed E-state index contributed by atoms with van der Waals surface area (Å²) in [6, 6.07) is 5.62. The van der Waals surface area contributed by atoms with Crippen LogP contribution in [0, 0.1) is 13.8 Å². The number of nitrogens with zero attached hydrogens (tertiary/aromatic N) is 3. The molecule has 0 saturated carbocycles. The van der Waals surface area contributed by atoms with E-state index in [0.29, 0.717) is 24.3 Å². The van der Waals surface area contributed by atoms with E-state index >= 15 is 0 Å². The molecule has 2 rings (SSSR count). The molecule has 0 aliphatic heterocycles. The molecular formula is C13H16N4O. The van der Waals surface area contributed by atoms with Gasteiger partial charge in [-0.05, 0) is 31.0 Å². The fraction of sp³-hybridized carbons (Fsp3) is 0.308. The number of benzene rings is 1. The number of aromatic nitrogens is 3. The first-order valence-corrected chi connectivity index (χ1v) is 5.84. The van der Waals surface area contributed by atoms with Crippen LogP contribution in [0.15, 0.2) is 24.4 Å². The Balaban J connectivity index is 2.26. The maximum atomic E-state index is 12.2. The van der Waals surface area contributed by atoms with Gasteiger partial charge in [0.1, 0.15) is 0 Å². The minimum absolute atomic E-state index is 0.110. The fourth-order valence-corrected chi connectivity index (χ4v) is 1.67. The van der Waals surface area contributed by atoms with Gasteiger partial charge in [-0.3, -0.25) is 9.48 Å². The summed E-state index contributed by atoms with van der Waals surface area (Å²) in [4.78, 5) is 12.2. The molecule has 5 nitrogen and oxygen atoms in total. The Bertz CT molecular complexity index is 574. The topological polar surface area (TPSA) is 73.8 Å². The first kappa shape index (κ1) is 12.4. The smallest absolute Gasteiger partial charge is 0.214 e. The van der Waals surface area contributed by atoms with Crippen molar-refractivity contribution >= 4 is 5.78 Å². The lowest BCUT2D eigenvalue weighted by Crippen LogP contribution is -2.10. The predicted molar refractivity (Wildman–Crippen MR) is 68.4 cm³/mol. The quantitative estimate of drug-likeness (QED) is 0.817. The van der Waals surface area contributed by atoms with Crippen LogP contribution < -0.4 is 5.73 Å². The van der Waals surface area contributed by atoms with Crippen molar-refractivity contribution in [1.82, 2.24) is 15.0 Å². The monoisotopic (exact) mass is 244 g/mol. The maximum Gasteiger partial charge on any atom is 0.214 e. The van der Waals surface area contributed by atoms with Crippen molar-refractivity contribution in [3.8, 4) is 0 Å². The van der Waals surface area contributed by atoms with Crippen molar-refractivity contribution in [1.29, 1.82) is 0 Å². The van der Waals surface area contributed by atoms with Crippen LogP contribution in [0.25, 0.3) is 0 Å². The number of carbonyl (C=O) groups excluding carboxylic acids is 1. The van der Waals surface area contributed by atoms with E-state index in [1.165, 1.54) is 5.56 Å². The zero-order valence-electron chi connectivity index (χ0n) is 10.6. The van der Waals surface area contributed by atoms with Gasteiger partial charge in [-0.2, -0.15) is 0 Å². The van der Waals surface area contributed by atoms with Gasteiger partial charge in [0.15, 0.2) is 5.69 Å². The minimum atomic E-state index is -0.110. The standard InChI is InChI=1S/C13H16N4O/c1-9-3-4-11(7-10(9)2)13(18)12-8-17(6-5-14)16-15-12/h3-4,7-8H,5-6,14H2,1-2H3. The van der Waals surface area contributed by atoms with Crippen LogP contribution in [0.3, 0.4) is 0 Å². The average molecular weight is 244 g/mol. The SMILES string of the molecule is Cc1ccc(C(=O)c2cn(CCN)nn2)cc1C. The predicted octanol–water partition coefficient (Wildman–Crippen LogP) is 1.08. The average Bonchev–Trinajstić information content (AvgIpc) is 2.81. The van der Waals surface area contributed by atoms with E-state index in [0.717, 1.165) is 5.56 Å². The van der Waals surface area contributed by atoms with Crippen LogP contribution in [-0.2, 0) is 6.54 Å². The van der Waals surface area contributed by atoms with Crippen LogP contribution in [0.2, 0.25) is 0 Å². The van der Waals surface area contributed by atoms with Crippen molar-refractivity contribution < 1.29 is 4.79 Å². The summed E-state index contributed by atoms with van der Waals surface area (Å²) in [7, 11) is 0. The maximum absolute atomic E-state index is 12.2. The molecular weight excluding hydrogens is 228 g/mol. The molecule has 0 amide bonds. The summed E-state index contributed by atoms with van der Waals surface area (Å²) in [6.45, 7) is 5.03. The van der Waals surface area contributed by atoms with Crippen molar-refractivity contribution in [2.24, 2.45) is 5.73 Å². The Kier molecular flexibility index (Phi) is 3.53. The van der Waals surface area contributed by atoms with Gasteiger partial charge in [0.25, 0.3) is 0 Å². The summed E-state index contributed by atoms with van der Waals surface area (Å²) in [5.41, 5.74) is 8.67. The van der Waals surface area contributed by atoms with E-state index in [-0.39, 0.29) is 5.78 Å². The third-order valence-corrected chi connectivity index (χ3v) is 2.90. The molecule has 0 bridgehead atoms. The number of aryl methyl sites for hydroxylation is 2. The number of nitrogens with two attached hydrogens (primary N) is 1. The van der Waals surface area contributed by atoms with E-state index < -0.39 is 0 Å². The van der Waals surface area contributed by atoms with Crippen LogP contribution in [0.1, 0.15) is 27.2 Å². The second kappa shape index (κ2) is 5.10. The van der Waals surface area contributed by atoms with Gasteiger partial charge in [-0.1, -0.05) is 17.3 Å². The molecule has 0 saturated heterocycles. The lowest BCUT2D eigenvalue weighted by molar-refractivity contribution is 0.103. The molecule has 0 fully saturated rings. The Morgan fingerprint density at radius 3 is 2.78 bits per heavy atom. The number of rotatable bonds is 4. The second-order valence-corrected chi connectivity index (χ2v) is 4.28. The van der Waals surface area contributed by atoms with E-state index in [2.05, 4.69) is 10.3 Å². The molecule has 0 aliphatic carbocycles. The summed E-state index contributed by atoms with van der Waals surface area (Å²) < 4.78 is 1.58. The Labute approximate surface area is 106 Å². The normalized spacial score (nSPS) is 10.6. The molecule has 2 N–H and O–H groups in total. The summed E-state index contributed by atoms with van der Waals surface area (Å²) in [5, 5.41) is 7.73. The highest BCUT2D eigenvalue weighted by molar-refractivity contribution is 6.07. The van der Waals surface area contributed by atoms with Gasteiger partial charge in [0, 0.05) is 12.1 Å². The summed E-state index contributed by atoms with van der Waals surface area (Å²) in [6.07, 6.45) is 1.63. The van der Waals surface area contributed by atoms with E-state index in [9.17, 15) is 4.79 Å². The molecule has 0 spiro atoms. The van der Waals surface area contributed by atoms with E-state index in [4.69, 9.17) is 5.73 Å². The molecule has 0 atom stereocenters. The number of hydrogen-bond acceptors (Lipinski definition) is 4. The summed E-state index contributed by atoms with van der Waals surface area (Å²) >= 11 is 0. The zero-order valence-corrected chi connectivity index (χ0v) is 10.6. The van der Waals surface area contributed by atoms with Crippen molar-refractivity contribution in [3.05, 3.63) is 46.8 Å². The first-order valence-electron chi connectivity index (χ1n) is 5.84. The summed E-state index contributed by atoms with van der Waals surface area (Å²) in [5.74, 6) is -0.110. The van der Waals surface area contributed by atoms with E-state index in [1.54, 1.807) is 10.9 Å². The Morgan fingerprint density at radius 2 is 2.11 bits per heavy atom. The molecule has 5 heteroatoms. The van der Waals surface area contributed by atoms with Crippen LogP contribution in [-0.4, -0.2) is 27.3 Å². The van der Waals surface area contributed by atoms with Crippen molar-refractivity contribution in [2.75, 3.05) is 6.54 Å². The van der Waals surface area contributed by atoms with Gasteiger partial charge < -0.3 is 5.73 Å². The highest BCUT2D eigenvalue weighted by Gasteiger charge is 2.13. The molecule has 1 heterocycles. The molecule has 0 radical (unpaired) electrons. The number of carbonyl (C=O) groups is 1. The van der Waals surface area contributed by atoms with Gasteiger partial charge in [-0.25, -0.2) is 0 Å². The second-order valence-electron chi connectivity index (χ2n) is 4.28. The fourth-order valence-electron chi connectivity index (χ4n) is 1.67.